The number of nitrogens with one attached hydrogen (secondary N) is 2. The number of anilines is 2. The van der Waals surface area contributed by atoms with Gasteiger partial charge in [0.05, 0.1) is 14.9 Å². The van der Waals surface area contributed by atoms with Gasteiger partial charge in [-0.3, -0.25) is 9.52 Å². The lowest BCUT2D eigenvalue weighted by molar-refractivity contribution is -0.118. The van der Waals surface area contributed by atoms with E-state index >= 15 is 0 Å². The molecule has 31 heavy (non-hydrogen) atoms. The van der Waals surface area contributed by atoms with Crippen LogP contribution in [0.3, 0.4) is 0 Å². The number of ether oxygens (including phenoxy) is 1. The Labute approximate surface area is 191 Å². The van der Waals surface area contributed by atoms with E-state index in [1.54, 1.807) is 24.3 Å². The van der Waals surface area contributed by atoms with Crippen LogP contribution in [-0.4, -0.2) is 20.9 Å². The normalized spacial score (nSPS) is 11.1. The number of benzene rings is 3. The lowest BCUT2D eigenvalue weighted by Gasteiger charge is -2.11. The van der Waals surface area contributed by atoms with Crippen LogP contribution in [0.25, 0.3) is 0 Å². The summed E-state index contributed by atoms with van der Waals surface area (Å²) >= 11 is 11.8. The van der Waals surface area contributed by atoms with Crippen LogP contribution in [0.1, 0.15) is 11.1 Å². The number of carbonyl (C=O) groups is 1. The van der Waals surface area contributed by atoms with Gasteiger partial charge in [-0.05, 0) is 79.6 Å². The molecule has 0 spiro atoms. The van der Waals surface area contributed by atoms with Crippen LogP contribution in [0.4, 0.5) is 11.4 Å². The molecule has 3 aromatic rings. The van der Waals surface area contributed by atoms with E-state index in [9.17, 15) is 13.2 Å². The number of carbonyl (C=O) groups excluding carboxylic acids is 1. The Bertz CT molecular complexity index is 1210. The molecule has 0 aliphatic rings. The van der Waals surface area contributed by atoms with Crippen LogP contribution >= 0.6 is 23.2 Å². The molecule has 162 valence electrons. The number of halogens is 2. The van der Waals surface area contributed by atoms with Crippen molar-refractivity contribution in [2.24, 2.45) is 0 Å². The first kappa shape index (κ1) is 22.9. The summed E-state index contributed by atoms with van der Waals surface area (Å²) < 4.78 is 33.2. The lowest BCUT2D eigenvalue weighted by atomic mass is 10.1. The SMILES string of the molecule is Cc1ccc(NS(=O)(=O)c2ccc(OCC(=O)Nc3ccc(Cl)c(Cl)c3)cc2)cc1C. The van der Waals surface area contributed by atoms with Crippen molar-refractivity contribution in [3.05, 3.63) is 81.8 Å². The van der Waals surface area contributed by atoms with Gasteiger partial charge >= 0.3 is 0 Å². The first-order chi connectivity index (χ1) is 14.6. The second-order valence-corrected chi connectivity index (χ2v) is 9.34. The van der Waals surface area contributed by atoms with Crippen molar-refractivity contribution in [2.45, 2.75) is 18.7 Å². The largest absolute Gasteiger partial charge is 0.484 e. The third-order valence-electron chi connectivity index (χ3n) is 4.47. The van der Waals surface area contributed by atoms with Gasteiger partial charge in [0.2, 0.25) is 0 Å². The Hall–Kier alpha value is -2.74. The molecule has 0 aliphatic carbocycles. The van der Waals surface area contributed by atoms with Crippen LogP contribution in [0.2, 0.25) is 10.0 Å². The minimum Gasteiger partial charge on any atom is -0.484 e. The summed E-state index contributed by atoms with van der Waals surface area (Å²) in [5, 5.41) is 3.35. The second kappa shape index (κ2) is 9.60. The maximum Gasteiger partial charge on any atom is 0.262 e. The van der Waals surface area contributed by atoms with Crippen LogP contribution < -0.4 is 14.8 Å². The van der Waals surface area contributed by atoms with Crippen molar-refractivity contribution in [2.75, 3.05) is 16.6 Å². The Morgan fingerprint density at radius 1 is 0.871 bits per heavy atom. The highest BCUT2D eigenvalue weighted by atomic mass is 35.5. The average Bonchev–Trinajstić information content (AvgIpc) is 2.72. The molecule has 0 saturated carbocycles. The molecule has 0 atom stereocenters. The van der Waals surface area contributed by atoms with E-state index in [1.807, 2.05) is 19.9 Å². The second-order valence-electron chi connectivity index (χ2n) is 6.84. The molecular weight excluding hydrogens is 459 g/mol. The van der Waals surface area contributed by atoms with Gasteiger partial charge in [-0.1, -0.05) is 29.3 Å². The van der Waals surface area contributed by atoms with Crippen molar-refractivity contribution < 1.29 is 17.9 Å². The Balaban J connectivity index is 1.59. The fourth-order valence-electron chi connectivity index (χ4n) is 2.65. The summed E-state index contributed by atoms with van der Waals surface area (Å²) in [4.78, 5) is 12.1. The summed E-state index contributed by atoms with van der Waals surface area (Å²) in [6.45, 7) is 3.61. The summed E-state index contributed by atoms with van der Waals surface area (Å²) in [6, 6.07) is 15.9. The summed E-state index contributed by atoms with van der Waals surface area (Å²) in [5.41, 5.74) is 3.04. The van der Waals surface area contributed by atoms with Crippen molar-refractivity contribution in [3.63, 3.8) is 0 Å². The Kier molecular flexibility index (Phi) is 7.10. The number of sulfonamides is 1. The van der Waals surface area contributed by atoms with Crippen molar-refractivity contribution in [1.82, 2.24) is 0 Å². The maximum atomic E-state index is 12.6. The van der Waals surface area contributed by atoms with E-state index < -0.39 is 15.9 Å². The van der Waals surface area contributed by atoms with Crippen LogP contribution in [0, 0.1) is 13.8 Å². The lowest BCUT2D eigenvalue weighted by Crippen LogP contribution is -2.20. The van der Waals surface area contributed by atoms with E-state index in [0.29, 0.717) is 27.2 Å². The zero-order chi connectivity index (χ0) is 22.6. The molecule has 1 amide bonds. The fraction of sp³-hybridized carbons (Fsp3) is 0.136. The molecule has 9 heteroatoms. The topological polar surface area (TPSA) is 84.5 Å². The standard InChI is InChI=1S/C22H20Cl2N2O4S/c1-14-3-4-17(11-15(14)2)26-31(28,29)19-8-6-18(7-9-19)30-13-22(27)25-16-5-10-20(23)21(24)12-16/h3-12,26H,13H2,1-2H3,(H,25,27). The summed E-state index contributed by atoms with van der Waals surface area (Å²) in [7, 11) is -3.75. The monoisotopic (exact) mass is 478 g/mol. The highest BCUT2D eigenvalue weighted by Crippen LogP contribution is 2.25. The van der Waals surface area contributed by atoms with Crippen molar-refractivity contribution in [1.29, 1.82) is 0 Å². The first-order valence-electron chi connectivity index (χ1n) is 9.22. The third-order valence-corrected chi connectivity index (χ3v) is 6.60. The molecule has 0 unspecified atom stereocenters. The zero-order valence-electron chi connectivity index (χ0n) is 16.8. The number of rotatable bonds is 7. The summed E-state index contributed by atoms with van der Waals surface area (Å²) in [5.74, 6) is -0.0408. The van der Waals surface area contributed by atoms with Gasteiger partial charge < -0.3 is 10.1 Å². The van der Waals surface area contributed by atoms with Gasteiger partial charge in [-0.15, -0.1) is 0 Å². The fourth-order valence-corrected chi connectivity index (χ4v) is 4.00. The third kappa shape index (κ3) is 6.13. The Morgan fingerprint density at radius 3 is 2.19 bits per heavy atom. The van der Waals surface area contributed by atoms with E-state index in [0.717, 1.165) is 11.1 Å². The maximum absolute atomic E-state index is 12.6. The summed E-state index contributed by atoms with van der Waals surface area (Å²) in [6.07, 6.45) is 0. The average molecular weight is 479 g/mol. The van der Waals surface area contributed by atoms with Gasteiger partial charge in [0.1, 0.15) is 5.75 Å². The predicted octanol–water partition coefficient (Wildman–Crippen LogP) is 5.43. The van der Waals surface area contributed by atoms with E-state index in [1.165, 1.54) is 30.3 Å². The van der Waals surface area contributed by atoms with Gasteiger partial charge in [0.25, 0.3) is 15.9 Å². The molecule has 3 rings (SSSR count). The molecule has 0 aliphatic heterocycles. The molecule has 0 saturated heterocycles. The molecule has 0 heterocycles. The van der Waals surface area contributed by atoms with Gasteiger partial charge in [0.15, 0.2) is 6.61 Å². The van der Waals surface area contributed by atoms with Gasteiger partial charge in [-0.2, -0.15) is 0 Å². The van der Waals surface area contributed by atoms with E-state index in [2.05, 4.69) is 10.0 Å². The molecule has 0 bridgehead atoms. The minimum atomic E-state index is -3.75. The van der Waals surface area contributed by atoms with Crippen molar-refractivity contribution in [3.8, 4) is 5.75 Å². The smallest absolute Gasteiger partial charge is 0.262 e. The molecular formula is C22H20Cl2N2O4S. The van der Waals surface area contributed by atoms with E-state index in [-0.39, 0.29) is 11.5 Å². The van der Waals surface area contributed by atoms with Crippen LogP contribution in [0.15, 0.2) is 65.6 Å². The number of hydrogen-bond acceptors (Lipinski definition) is 4. The predicted molar refractivity (Wildman–Crippen MR) is 124 cm³/mol. The molecule has 3 aromatic carbocycles. The van der Waals surface area contributed by atoms with Crippen molar-refractivity contribution >= 4 is 50.5 Å². The van der Waals surface area contributed by atoms with Crippen LogP contribution in [-0.2, 0) is 14.8 Å². The zero-order valence-corrected chi connectivity index (χ0v) is 19.1. The molecule has 0 fully saturated rings. The number of hydrogen-bond donors (Lipinski definition) is 2. The van der Waals surface area contributed by atoms with Crippen LogP contribution in [0.5, 0.6) is 5.75 Å². The molecule has 6 nitrogen and oxygen atoms in total. The number of aryl methyl sites for hydroxylation is 2. The molecule has 2 N–H and O–H groups in total. The van der Waals surface area contributed by atoms with Gasteiger partial charge in [-0.25, -0.2) is 8.42 Å². The first-order valence-corrected chi connectivity index (χ1v) is 11.5. The molecule has 0 aromatic heterocycles. The highest BCUT2D eigenvalue weighted by molar-refractivity contribution is 7.92. The molecule has 0 radical (unpaired) electrons. The van der Waals surface area contributed by atoms with E-state index in [4.69, 9.17) is 27.9 Å². The highest BCUT2D eigenvalue weighted by Gasteiger charge is 2.15. The van der Waals surface area contributed by atoms with Gasteiger partial charge in [0, 0.05) is 11.4 Å². The quantitative estimate of drug-likeness (QED) is 0.474. The Morgan fingerprint density at radius 2 is 1.55 bits per heavy atom. The minimum absolute atomic E-state index is 0.0818. The number of amides is 1.